The number of rotatable bonds is 4. The van der Waals surface area contributed by atoms with E-state index >= 15 is 0 Å². The van der Waals surface area contributed by atoms with Crippen molar-refractivity contribution in [1.29, 1.82) is 0 Å². The number of nitrogens with zero attached hydrogens (tertiary/aromatic N) is 1. The van der Waals surface area contributed by atoms with E-state index in [9.17, 15) is 4.79 Å². The Morgan fingerprint density at radius 2 is 2.28 bits per heavy atom. The molecule has 1 aromatic heterocycles. The van der Waals surface area contributed by atoms with Gasteiger partial charge in [0.1, 0.15) is 5.03 Å². The molecule has 18 heavy (non-hydrogen) atoms. The molecule has 2 N–H and O–H groups in total. The van der Waals surface area contributed by atoms with E-state index in [0.717, 1.165) is 16.7 Å². The van der Waals surface area contributed by atoms with E-state index in [-0.39, 0.29) is 5.97 Å². The van der Waals surface area contributed by atoms with Gasteiger partial charge in [-0.1, -0.05) is 12.8 Å². The van der Waals surface area contributed by atoms with Crippen LogP contribution in [0, 0.1) is 5.92 Å². The minimum absolute atomic E-state index is 0.372. The molecular formula is C13H18N2O2S. The van der Waals surface area contributed by atoms with Crippen molar-refractivity contribution in [2.24, 2.45) is 5.92 Å². The van der Waals surface area contributed by atoms with Crippen molar-refractivity contribution in [3.8, 4) is 0 Å². The van der Waals surface area contributed by atoms with Crippen molar-refractivity contribution in [3.63, 3.8) is 0 Å². The van der Waals surface area contributed by atoms with Crippen molar-refractivity contribution < 1.29 is 9.53 Å². The summed E-state index contributed by atoms with van der Waals surface area (Å²) in [4.78, 5) is 15.9. The fraction of sp³-hybridized carbons (Fsp3) is 0.538. The molecule has 0 amide bonds. The molecule has 5 heteroatoms. The highest BCUT2D eigenvalue weighted by molar-refractivity contribution is 7.99. The maximum atomic E-state index is 11.7. The molecule has 2 rings (SSSR count). The molecule has 0 aromatic carbocycles. The van der Waals surface area contributed by atoms with Gasteiger partial charge in [0.2, 0.25) is 0 Å². The number of hydrogen-bond acceptors (Lipinski definition) is 5. The molecule has 1 aliphatic carbocycles. The van der Waals surface area contributed by atoms with Crippen LogP contribution in [0.5, 0.6) is 0 Å². The molecule has 1 aromatic rings. The first kappa shape index (κ1) is 13.2. The Morgan fingerprint density at radius 3 is 2.94 bits per heavy atom. The van der Waals surface area contributed by atoms with Crippen LogP contribution < -0.4 is 5.73 Å². The summed E-state index contributed by atoms with van der Waals surface area (Å²) in [6, 6.07) is 1.63. The van der Waals surface area contributed by atoms with Gasteiger partial charge in [-0.2, -0.15) is 0 Å². The number of thioether (sulfide) groups is 1. The number of anilines is 1. The first-order valence-electron chi connectivity index (χ1n) is 6.17. The normalized spacial score (nSPS) is 15.8. The second-order valence-corrected chi connectivity index (χ2v) is 5.58. The second kappa shape index (κ2) is 6.09. The van der Waals surface area contributed by atoms with Gasteiger partial charge in [0.15, 0.2) is 0 Å². The van der Waals surface area contributed by atoms with E-state index in [1.807, 2.05) is 0 Å². The lowest BCUT2D eigenvalue weighted by Crippen LogP contribution is -2.07. The summed E-state index contributed by atoms with van der Waals surface area (Å²) in [5.41, 5.74) is 6.62. The summed E-state index contributed by atoms with van der Waals surface area (Å²) in [5.74, 6) is 1.39. The number of nitrogen functional groups attached to an aromatic ring is 1. The van der Waals surface area contributed by atoms with Crippen molar-refractivity contribution in [2.45, 2.75) is 30.7 Å². The minimum Gasteiger partial charge on any atom is -0.465 e. The largest absolute Gasteiger partial charge is 0.465 e. The van der Waals surface area contributed by atoms with Gasteiger partial charge in [-0.25, -0.2) is 9.78 Å². The molecule has 98 valence electrons. The molecule has 1 saturated carbocycles. The average molecular weight is 266 g/mol. The maximum absolute atomic E-state index is 11.7. The van der Waals surface area contributed by atoms with Gasteiger partial charge in [-0.05, 0) is 24.8 Å². The van der Waals surface area contributed by atoms with Crippen LogP contribution in [0.2, 0.25) is 0 Å². The molecule has 0 aliphatic heterocycles. The highest BCUT2D eigenvalue weighted by atomic mass is 32.2. The molecular weight excluding hydrogens is 248 g/mol. The summed E-state index contributed by atoms with van der Waals surface area (Å²) < 4.78 is 4.76. The predicted octanol–water partition coefficient (Wildman–Crippen LogP) is 2.73. The van der Waals surface area contributed by atoms with Gasteiger partial charge >= 0.3 is 5.97 Å². The topological polar surface area (TPSA) is 65.2 Å². The zero-order chi connectivity index (χ0) is 13.0. The molecule has 1 heterocycles. The van der Waals surface area contributed by atoms with Crippen molar-refractivity contribution in [1.82, 2.24) is 4.98 Å². The van der Waals surface area contributed by atoms with Crippen molar-refractivity contribution in [2.75, 3.05) is 18.6 Å². The van der Waals surface area contributed by atoms with Crippen molar-refractivity contribution in [3.05, 3.63) is 17.8 Å². The van der Waals surface area contributed by atoms with E-state index in [0.29, 0.717) is 11.3 Å². The molecule has 4 nitrogen and oxygen atoms in total. The van der Waals surface area contributed by atoms with E-state index in [1.165, 1.54) is 32.8 Å². The van der Waals surface area contributed by atoms with Crippen LogP contribution in [0.25, 0.3) is 0 Å². The standard InChI is InChI=1S/C13H18N2O2S/c1-17-13(16)11-6-10(14)7-15-12(11)18-8-9-4-2-3-5-9/h6-7,9H,2-5,8,14H2,1H3. The number of aromatic nitrogens is 1. The Morgan fingerprint density at radius 1 is 1.56 bits per heavy atom. The fourth-order valence-corrected chi connectivity index (χ4v) is 3.37. The van der Waals surface area contributed by atoms with Crippen LogP contribution in [-0.2, 0) is 4.74 Å². The lowest BCUT2D eigenvalue weighted by molar-refractivity contribution is 0.0596. The first-order valence-corrected chi connectivity index (χ1v) is 7.16. The molecule has 0 unspecified atom stereocenters. The van der Waals surface area contributed by atoms with Crippen LogP contribution >= 0.6 is 11.8 Å². The maximum Gasteiger partial charge on any atom is 0.340 e. The molecule has 1 fully saturated rings. The van der Waals surface area contributed by atoms with Crippen LogP contribution in [0.3, 0.4) is 0 Å². The van der Waals surface area contributed by atoms with Gasteiger partial charge in [0.05, 0.1) is 24.6 Å². The van der Waals surface area contributed by atoms with Gasteiger partial charge in [0, 0.05) is 5.75 Å². The summed E-state index contributed by atoms with van der Waals surface area (Å²) in [5, 5.41) is 0.725. The third kappa shape index (κ3) is 3.16. The number of nitrogens with two attached hydrogens (primary N) is 1. The average Bonchev–Trinajstić information content (AvgIpc) is 2.89. The lowest BCUT2D eigenvalue weighted by Gasteiger charge is -2.10. The first-order chi connectivity index (χ1) is 8.70. The zero-order valence-electron chi connectivity index (χ0n) is 10.5. The van der Waals surface area contributed by atoms with Gasteiger partial charge in [0.25, 0.3) is 0 Å². The number of esters is 1. The highest BCUT2D eigenvalue weighted by Gasteiger charge is 2.18. The number of methoxy groups -OCH3 is 1. The molecule has 0 bridgehead atoms. The van der Waals surface area contributed by atoms with Crippen molar-refractivity contribution >= 4 is 23.4 Å². The van der Waals surface area contributed by atoms with Crippen LogP contribution in [0.1, 0.15) is 36.0 Å². The number of ether oxygens (including phenoxy) is 1. The quantitative estimate of drug-likeness (QED) is 0.670. The fourth-order valence-electron chi connectivity index (χ4n) is 2.21. The Labute approximate surface area is 111 Å². The summed E-state index contributed by atoms with van der Waals surface area (Å²) in [7, 11) is 1.37. The Bertz CT molecular complexity index is 431. The second-order valence-electron chi connectivity index (χ2n) is 4.57. The van der Waals surface area contributed by atoms with Crippen LogP contribution in [0.4, 0.5) is 5.69 Å². The molecule has 0 radical (unpaired) electrons. The van der Waals surface area contributed by atoms with E-state index in [4.69, 9.17) is 10.5 Å². The third-order valence-electron chi connectivity index (χ3n) is 3.21. The van der Waals surface area contributed by atoms with Gasteiger partial charge in [-0.15, -0.1) is 11.8 Å². The number of hydrogen-bond donors (Lipinski definition) is 1. The van der Waals surface area contributed by atoms with Gasteiger partial charge < -0.3 is 10.5 Å². The number of pyridine rings is 1. The van der Waals surface area contributed by atoms with E-state index < -0.39 is 0 Å². The van der Waals surface area contributed by atoms with Gasteiger partial charge in [-0.3, -0.25) is 0 Å². The zero-order valence-corrected chi connectivity index (χ0v) is 11.3. The van der Waals surface area contributed by atoms with Crippen LogP contribution in [-0.4, -0.2) is 23.8 Å². The predicted molar refractivity (Wildman–Crippen MR) is 72.7 cm³/mol. The molecule has 1 aliphatic rings. The third-order valence-corrected chi connectivity index (χ3v) is 4.44. The number of carbonyl (C=O) groups is 1. The minimum atomic E-state index is -0.372. The number of carbonyl (C=O) groups excluding carboxylic acids is 1. The Hall–Kier alpha value is -1.23. The lowest BCUT2D eigenvalue weighted by atomic mass is 10.1. The molecule has 0 saturated heterocycles. The summed E-state index contributed by atoms with van der Waals surface area (Å²) in [6.07, 6.45) is 6.81. The summed E-state index contributed by atoms with van der Waals surface area (Å²) in [6.45, 7) is 0. The van der Waals surface area contributed by atoms with Crippen LogP contribution in [0.15, 0.2) is 17.3 Å². The van der Waals surface area contributed by atoms with E-state index in [2.05, 4.69) is 4.98 Å². The SMILES string of the molecule is COC(=O)c1cc(N)cnc1SCC1CCCC1. The monoisotopic (exact) mass is 266 g/mol. The summed E-state index contributed by atoms with van der Waals surface area (Å²) >= 11 is 1.63. The Kier molecular flexibility index (Phi) is 4.47. The smallest absolute Gasteiger partial charge is 0.340 e. The molecule has 0 spiro atoms. The Balaban J connectivity index is 2.08. The van der Waals surface area contributed by atoms with E-state index in [1.54, 1.807) is 24.0 Å². The highest BCUT2D eigenvalue weighted by Crippen LogP contribution is 2.32. The molecule has 0 atom stereocenters.